The monoisotopic (exact) mass is 614 g/mol. The summed E-state index contributed by atoms with van der Waals surface area (Å²) in [6.07, 6.45) is 0. The minimum atomic E-state index is -1.75. The first kappa shape index (κ1) is 25.0. The Morgan fingerprint density at radius 3 is 2.53 bits per heavy atom. The predicted molar refractivity (Wildman–Crippen MR) is 128 cm³/mol. The molecule has 5 nitrogen and oxygen atoms in total. The van der Waals surface area contributed by atoms with E-state index in [1.807, 2.05) is 13.8 Å². The molecule has 3 rings (SSSR count). The van der Waals surface area contributed by atoms with Crippen LogP contribution in [0.15, 0.2) is 23.2 Å². The number of thioether (sulfide) groups is 1. The van der Waals surface area contributed by atoms with Gasteiger partial charge in [0, 0.05) is 15.3 Å². The van der Waals surface area contributed by atoms with Crippen LogP contribution in [0, 0.1) is 0 Å². The summed E-state index contributed by atoms with van der Waals surface area (Å²) in [5.41, 5.74) is 0.425. The van der Waals surface area contributed by atoms with Crippen molar-refractivity contribution in [1.82, 2.24) is 4.90 Å². The lowest BCUT2D eigenvalue weighted by atomic mass is 9.96. The van der Waals surface area contributed by atoms with Crippen LogP contribution in [0.4, 0.5) is 0 Å². The highest BCUT2D eigenvalue weighted by molar-refractivity contribution is 9.10. The summed E-state index contributed by atoms with van der Waals surface area (Å²) in [6.45, 7) is 3.21. The molecular weight excluding hydrogens is 605 g/mol. The molecule has 0 unspecified atom stereocenters. The fourth-order valence-electron chi connectivity index (χ4n) is 3.18. The Hall–Kier alpha value is 0.400. The zero-order valence-corrected chi connectivity index (χ0v) is 22.2. The number of amides is 1. The van der Waals surface area contributed by atoms with Crippen LogP contribution in [0.5, 0.6) is 0 Å². The predicted octanol–water partition coefficient (Wildman–Crippen LogP) is 6.05. The molecule has 13 heteroatoms. The molecule has 2 aliphatic rings. The lowest BCUT2D eigenvalue weighted by Gasteiger charge is -2.47. The van der Waals surface area contributed by atoms with Crippen molar-refractivity contribution in [3.05, 3.63) is 33.8 Å². The lowest BCUT2D eigenvalue weighted by molar-refractivity contribution is -0.163. The molecule has 0 spiro atoms. The third-order valence-corrected chi connectivity index (χ3v) is 8.52. The number of esters is 1. The molecule has 0 bridgehead atoms. The van der Waals surface area contributed by atoms with E-state index in [2.05, 4.69) is 20.9 Å². The number of benzene rings is 1. The molecule has 2 saturated heterocycles. The highest BCUT2D eigenvalue weighted by atomic mass is 79.9. The largest absolute Gasteiger partial charge is 0.460 e. The number of alkyl halides is 4. The van der Waals surface area contributed by atoms with E-state index < -0.39 is 42.9 Å². The van der Waals surface area contributed by atoms with Crippen LogP contribution in [0.2, 0.25) is 10.0 Å². The second-order valence-corrected chi connectivity index (χ2v) is 13.8. The van der Waals surface area contributed by atoms with Crippen molar-refractivity contribution in [2.45, 2.75) is 38.3 Å². The van der Waals surface area contributed by atoms with Gasteiger partial charge in [-0.25, -0.2) is 9.79 Å². The average molecular weight is 618 g/mol. The smallest absolute Gasteiger partial charge is 0.330 e. The Bertz CT molecular complexity index is 941. The molecule has 0 aromatic heterocycles. The SMILES string of the molecule is CC1(C)S[C@H]2N(C(=O)[C@@]2(Br)N=C(Cl)c2ccc(Cl)cc2Cl)[C@H]1C(=O)OCC(Cl)(Cl)Cl. The Morgan fingerprint density at radius 2 is 1.97 bits per heavy atom. The summed E-state index contributed by atoms with van der Waals surface area (Å²) in [6, 6.07) is 3.86. The summed E-state index contributed by atoms with van der Waals surface area (Å²) in [5.74, 6) is -1.11. The second kappa shape index (κ2) is 8.64. The minimum Gasteiger partial charge on any atom is -0.460 e. The number of halogens is 7. The molecule has 3 atom stereocenters. The van der Waals surface area contributed by atoms with Gasteiger partial charge in [0.05, 0.1) is 5.02 Å². The van der Waals surface area contributed by atoms with Gasteiger partial charge in [-0.2, -0.15) is 0 Å². The van der Waals surface area contributed by atoms with Crippen LogP contribution in [0.25, 0.3) is 0 Å². The van der Waals surface area contributed by atoms with Crippen LogP contribution in [-0.2, 0) is 14.3 Å². The van der Waals surface area contributed by atoms with Gasteiger partial charge in [-0.3, -0.25) is 4.79 Å². The molecule has 30 heavy (non-hydrogen) atoms. The van der Waals surface area contributed by atoms with Gasteiger partial charge in [0.2, 0.25) is 8.24 Å². The van der Waals surface area contributed by atoms with Gasteiger partial charge in [0.15, 0.2) is 0 Å². The number of carbonyl (C=O) groups excluding carboxylic acids is 2. The van der Waals surface area contributed by atoms with E-state index >= 15 is 0 Å². The zero-order chi connectivity index (χ0) is 22.6. The zero-order valence-electron chi connectivity index (χ0n) is 15.3. The first-order valence-corrected chi connectivity index (χ1v) is 12.2. The van der Waals surface area contributed by atoms with Gasteiger partial charge in [-0.1, -0.05) is 69.6 Å². The van der Waals surface area contributed by atoms with Gasteiger partial charge in [-0.05, 0) is 48.0 Å². The van der Waals surface area contributed by atoms with Crippen LogP contribution in [0.1, 0.15) is 19.4 Å². The number of hydrogen-bond acceptors (Lipinski definition) is 5. The molecule has 1 aromatic carbocycles. The number of nitrogens with zero attached hydrogens (tertiary/aromatic N) is 2. The lowest BCUT2D eigenvalue weighted by Crippen LogP contribution is -2.70. The van der Waals surface area contributed by atoms with Crippen molar-refractivity contribution in [2.24, 2.45) is 4.99 Å². The van der Waals surface area contributed by atoms with Crippen LogP contribution >= 0.6 is 97.3 Å². The van der Waals surface area contributed by atoms with E-state index in [4.69, 9.17) is 74.3 Å². The Morgan fingerprint density at radius 1 is 1.33 bits per heavy atom. The maximum Gasteiger partial charge on any atom is 0.330 e. The minimum absolute atomic E-state index is 0.0298. The molecule has 2 fully saturated rings. The van der Waals surface area contributed by atoms with E-state index in [1.165, 1.54) is 22.7 Å². The molecule has 1 amide bonds. The Labute approximate surface area is 215 Å². The third kappa shape index (κ3) is 4.69. The number of β-lactam (4-membered cyclic amide) rings is 1. The topological polar surface area (TPSA) is 59.0 Å². The number of carbonyl (C=O) groups is 2. The van der Waals surface area contributed by atoms with Crippen molar-refractivity contribution in [2.75, 3.05) is 6.61 Å². The van der Waals surface area contributed by atoms with E-state index in [-0.39, 0.29) is 5.17 Å². The van der Waals surface area contributed by atoms with E-state index in [9.17, 15) is 9.59 Å². The van der Waals surface area contributed by atoms with Crippen molar-refractivity contribution >= 4 is 114 Å². The second-order valence-electron chi connectivity index (χ2n) is 7.11. The molecule has 164 valence electrons. The van der Waals surface area contributed by atoms with Crippen LogP contribution in [0.3, 0.4) is 0 Å². The number of fused-ring (bicyclic) bond motifs is 1. The molecule has 2 heterocycles. The third-order valence-electron chi connectivity index (χ3n) is 4.48. The Kier molecular flexibility index (Phi) is 7.21. The summed E-state index contributed by atoms with van der Waals surface area (Å²) >= 11 is 40.2. The number of hydrogen-bond donors (Lipinski definition) is 0. The molecule has 0 aliphatic carbocycles. The normalized spacial score (nSPS) is 28.2. The summed E-state index contributed by atoms with van der Waals surface area (Å²) in [7, 11) is 0. The maximum absolute atomic E-state index is 13.0. The molecule has 0 N–H and O–H groups in total. The molecular formula is C17H13BrCl6N2O3S. The first-order chi connectivity index (χ1) is 13.7. The van der Waals surface area contributed by atoms with Crippen molar-refractivity contribution < 1.29 is 14.3 Å². The summed E-state index contributed by atoms with van der Waals surface area (Å²) in [5, 5.41) is 0.257. The fraction of sp³-hybridized carbons (Fsp3) is 0.471. The van der Waals surface area contributed by atoms with E-state index in [1.54, 1.807) is 12.1 Å². The molecule has 0 radical (unpaired) electrons. The van der Waals surface area contributed by atoms with Crippen molar-refractivity contribution in [3.8, 4) is 0 Å². The van der Waals surface area contributed by atoms with Gasteiger partial charge in [-0.15, -0.1) is 11.8 Å². The van der Waals surface area contributed by atoms with E-state index in [0.717, 1.165) is 0 Å². The van der Waals surface area contributed by atoms with Gasteiger partial charge >= 0.3 is 5.97 Å². The standard InChI is InChI=1S/C17H13BrCl6N2O3S/c1-15(2)10(12(27)29-6-16(22,23)24)26-13(28)17(18,14(26)30-15)25-11(21)8-4-3-7(19)5-9(8)20/h3-5,10,14H,6H2,1-2H3/t10-,14+,17+/m0/s1. The van der Waals surface area contributed by atoms with Crippen LogP contribution in [-0.4, -0.2) is 53.0 Å². The molecule has 2 aliphatic heterocycles. The quantitative estimate of drug-likeness (QED) is 0.136. The first-order valence-electron chi connectivity index (χ1n) is 8.31. The van der Waals surface area contributed by atoms with Crippen molar-refractivity contribution in [1.29, 1.82) is 0 Å². The van der Waals surface area contributed by atoms with E-state index in [0.29, 0.717) is 15.6 Å². The molecule has 0 saturated carbocycles. The fourth-order valence-corrected chi connectivity index (χ4v) is 6.73. The van der Waals surface area contributed by atoms with Gasteiger partial charge in [0.1, 0.15) is 23.2 Å². The average Bonchev–Trinajstić information content (AvgIpc) is 2.88. The number of aliphatic imine (C=N–C) groups is 1. The van der Waals surface area contributed by atoms with Crippen LogP contribution < -0.4 is 0 Å². The van der Waals surface area contributed by atoms with Gasteiger partial charge < -0.3 is 9.64 Å². The van der Waals surface area contributed by atoms with Crippen molar-refractivity contribution in [3.63, 3.8) is 0 Å². The molecule has 1 aromatic rings. The number of ether oxygens (including phenoxy) is 1. The Balaban J connectivity index is 1.86. The summed E-state index contributed by atoms with van der Waals surface area (Å²) in [4.78, 5) is 31.5. The highest BCUT2D eigenvalue weighted by Gasteiger charge is 2.71. The number of rotatable bonds is 4. The maximum atomic E-state index is 13.0. The van der Waals surface area contributed by atoms with Gasteiger partial charge in [0.25, 0.3) is 5.91 Å². The highest BCUT2D eigenvalue weighted by Crippen LogP contribution is 2.58. The summed E-state index contributed by atoms with van der Waals surface area (Å²) < 4.78 is 1.33.